The summed E-state index contributed by atoms with van der Waals surface area (Å²) >= 11 is 0. The van der Waals surface area contributed by atoms with E-state index in [0.717, 1.165) is 11.1 Å². The largest absolute Gasteiger partial charge is 0.397 e. The number of aryl methyl sites for hydroxylation is 3. The maximum absolute atomic E-state index is 12.6. The number of pyridine rings is 1. The predicted octanol–water partition coefficient (Wildman–Crippen LogP) is 2.87. The van der Waals surface area contributed by atoms with Crippen molar-refractivity contribution < 1.29 is 4.79 Å². The molecule has 0 saturated heterocycles. The van der Waals surface area contributed by atoms with Crippen LogP contribution in [0.2, 0.25) is 0 Å². The first-order chi connectivity index (χ1) is 9.40. The molecule has 20 heavy (non-hydrogen) atoms. The summed E-state index contributed by atoms with van der Waals surface area (Å²) in [5.74, 6) is 0.518. The van der Waals surface area contributed by atoms with Crippen LogP contribution in [0, 0.1) is 20.8 Å². The number of benzene rings is 1. The third-order valence-electron chi connectivity index (χ3n) is 3.49. The first-order valence-electron chi connectivity index (χ1n) is 6.47. The van der Waals surface area contributed by atoms with Crippen molar-refractivity contribution in [2.45, 2.75) is 20.8 Å². The Bertz CT molecular complexity index is 648. The van der Waals surface area contributed by atoms with Gasteiger partial charge in [-0.05, 0) is 55.7 Å². The van der Waals surface area contributed by atoms with Crippen molar-refractivity contribution >= 4 is 17.4 Å². The van der Waals surface area contributed by atoms with Crippen LogP contribution in [0.3, 0.4) is 0 Å². The van der Waals surface area contributed by atoms with Gasteiger partial charge in [-0.15, -0.1) is 0 Å². The fourth-order valence-electron chi connectivity index (χ4n) is 2.07. The first-order valence-corrected chi connectivity index (χ1v) is 6.47. The lowest BCUT2D eigenvalue weighted by Crippen LogP contribution is -2.27. The van der Waals surface area contributed by atoms with Gasteiger partial charge >= 0.3 is 0 Å². The second-order valence-corrected chi connectivity index (χ2v) is 5.07. The molecule has 4 nitrogen and oxygen atoms in total. The van der Waals surface area contributed by atoms with Crippen molar-refractivity contribution in [3.63, 3.8) is 0 Å². The molecule has 4 heteroatoms. The minimum absolute atomic E-state index is 0.0668. The molecule has 0 spiro atoms. The standard InChI is InChI=1S/C16H19N3O/c1-10-7-12(3)14(8-11(10)2)16(20)19(4)15-6-5-13(17)9-18-15/h5-9H,17H2,1-4H3. The zero-order valence-corrected chi connectivity index (χ0v) is 12.3. The van der Waals surface area contributed by atoms with Crippen molar-refractivity contribution in [2.24, 2.45) is 0 Å². The van der Waals surface area contributed by atoms with Crippen LogP contribution in [-0.2, 0) is 0 Å². The number of nitrogens with zero attached hydrogens (tertiary/aromatic N) is 2. The Kier molecular flexibility index (Phi) is 3.74. The minimum atomic E-state index is -0.0668. The molecule has 0 aliphatic heterocycles. The van der Waals surface area contributed by atoms with Gasteiger partial charge in [0.05, 0.1) is 11.9 Å². The Morgan fingerprint density at radius 1 is 1.10 bits per heavy atom. The lowest BCUT2D eigenvalue weighted by Gasteiger charge is -2.18. The minimum Gasteiger partial charge on any atom is -0.397 e. The summed E-state index contributed by atoms with van der Waals surface area (Å²) in [6.45, 7) is 6.00. The van der Waals surface area contributed by atoms with E-state index >= 15 is 0 Å². The molecule has 0 unspecified atom stereocenters. The number of aromatic nitrogens is 1. The van der Waals surface area contributed by atoms with Gasteiger partial charge in [0.25, 0.3) is 5.91 Å². The highest BCUT2D eigenvalue weighted by atomic mass is 16.2. The van der Waals surface area contributed by atoms with Gasteiger partial charge in [-0.1, -0.05) is 6.07 Å². The van der Waals surface area contributed by atoms with Crippen LogP contribution in [0.25, 0.3) is 0 Å². The zero-order chi connectivity index (χ0) is 14.9. The van der Waals surface area contributed by atoms with Crippen LogP contribution in [0.1, 0.15) is 27.0 Å². The molecule has 1 heterocycles. The normalized spacial score (nSPS) is 10.4. The van der Waals surface area contributed by atoms with E-state index in [0.29, 0.717) is 17.1 Å². The highest BCUT2D eigenvalue weighted by Gasteiger charge is 2.17. The summed E-state index contributed by atoms with van der Waals surface area (Å²) in [7, 11) is 1.72. The third-order valence-corrected chi connectivity index (χ3v) is 3.49. The van der Waals surface area contributed by atoms with Crippen LogP contribution < -0.4 is 10.6 Å². The topological polar surface area (TPSA) is 59.2 Å². The van der Waals surface area contributed by atoms with E-state index in [4.69, 9.17) is 5.73 Å². The number of amides is 1. The van der Waals surface area contributed by atoms with Gasteiger partial charge in [-0.25, -0.2) is 4.98 Å². The summed E-state index contributed by atoms with van der Waals surface area (Å²) in [5, 5.41) is 0. The molecule has 104 valence electrons. The van der Waals surface area contributed by atoms with Crippen LogP contribution >= 0.6 is 0 Å². The maximum Gasteiger partial charge on any atom is 0.259 e. The van der Waals surface area contributed by atoms with Crippen LogP contribution in [0.5, 0.6) is 0 Å². The monoisotopic (exact) mass is 269 g/mol. The van der Waals surface area contributed by atoms with E-state index in [-0.39, 0.29) is 5.91 Å². The number of hydrogen-bond donors (Lipinski definition) is 1. The van der Waals surface area contributed by atoms with E-state index in [1.807, 2.05) is 32.9 Å². The highest BCUT2D eigenvalue weighted by Crippen LogP contribution is 2.19. The molecule has 2 rings (SSSR count). The SMILES string of the molecule is Cc1cc(C)c(C(=O)N(C)c2ccc(N)cn2)cc1C. The number of nitrogens with two attached hydrogens (primary N) is 1. The number of carbonyl (C=O) groups is 1. The fourth-order valence-corrected chi connectivity index (χ4v) is 2.07. The molecule has 0 fully saturated rings. The van der Waals surface area contributed by atoms with Gasteiger partial charge in [-0.3, -0.25) is 9.69 Å². The van der Waals surface area contributed by atoms with Crippen LogP contribution in [0.15, 0.2) is 30.5 Å². The number of anilines is 2. The van der Waals surface area contributed by atoms with E-state index in [1.54, 1.807) is 25.4 Å². The lowest BCUT2D eigenvalue weighted by molar-refractivity contribution is 0.0991. The average molecular weight is 269 g/mol. The molecule has 2 N–H and O–H groups in total. The molecule has 1 aromatic carbocycles. The second kappa shape index (κ2) is 5.33. The Hall–Kier alpha value is -2.36. The molecule has 1 amide bonds. The van der Waals surface area contributed by atoms with Gasteiger partial charge in [-0.2, -0.15) is 0 Å². The van der Waals surface area contributed by atoms with Crippen molar-refractivity contribution in [1.29, 1.82) is 0 Å². The highest BCUT2D eigenvalue weighted by molar-refractivity contribution is 6.06. The molecule has 0 saturated carbocycles. The van der Waals surface area contributed by atoms with Crippen molar-refractivity contribution in [3.05, 3.63) is 52.7 Å². The summed E-state index contributed by atoms with van der Waals surface area (Å²) in [4.78, 5) is 18.3. The quantitative estimate of drug-likeness (QED) is 0.912. The fraction of sp³-hybridized carbons (Fsp3) is 0.250. The van der Waals surface area contributed by atoms with Crippen molar-refractivity contribution in [1.82, 2.24) is 4.98 Å². The second-order valence-electron chi connectivity index (χ2n) is 5.07. The van der Waals surface area contributed by atoms with Crippen molar-refractivity contribution in [3.8, 4) is 0 Å². The number of hydrogen-bond acceptors (Lipinski definition) is 3. The lowest BCUT2D eigenvalue weighted by atomic mass is 10.00. The molecule has 0 bridgehead atoms. The first kappa shape index (κ1) is 14.1. The maximum atomic E-state index is 12.6. The summed E-state index contributed by atoms with van der Waals surface area (Å²) < 4.78 is 0. The van der Waals surface area contributed by atoms with E-state index < -0.39 is 0 Å². The Morgan fingerprint density at radius 2 is 1.75 bits per heavy atom. The van der Waals surface area contributed by atoms with Gasteiger partial charge in [0.2, 0.25) is 0 Å². The molecule has 0 aliphatic carbocycles. The van der Waals surface area contributed by atoms with Gasteiger partial charge < -0.3 is 5.73 Å². The average Bonchev–Trinajstić information content (AvgIpc) is 2.42. The Labute approximate surface area is 119 Å². The third kappa shape index (κ3) is 2.64. The van der Waals surface area contributed by atoms with Gasteiger partial charge in [0.1, 0.15) is 5.82 Å². The van der Waals surface area contributed by atoms with Crippen molar-refractivity contribution in [2.75, 3.05) is 17.7 Å². The number of carbonyl (C=O) groups excluding carboxylic acids is 1. The van der Waals surface area contributed by atoms with Gasteiger partial charge in [0, 0.05) is 12.6 Å². The molecular formula is C16H19N3O. The summed E-state index contributed by atoms with van der Waals surface area (Å²) in [5.41, 5.74) is 10.2. The molecule has 0 atom stereocenters. The zero-order valence-electron chi connectivity index (χ0n) is 12.3. The number of nitrogen functional groups attached to an aromatic ring is 1. The van der Waals surface area contributed by atoms with Crippen LogP contribution in [0.4, 0.5) is 11.5 Å². The van der Waals surface area contributed by atoms with E-state index in [2.05, 4.69) is 4.98 Å². The Balaban J connectivity index is 2.36. The molecule has 2 aromatic rings. The van der Waals surface area contributed by atoms with E-state index in [9.17, 15) is 4.79 Å². The molecular weight excluding hydrogens is 250 g/mol. The number of rotatable bonds is 2. The van der Waals surface area contributed by atoms with E-state index in [1.165, 1.54) is 10.5 Å². The smallest absolute Gasteiger partial charge is 0.259 e. The molecule has 0 radical (unpaired) electrons. The molecule has 1 aromatic heterocycles. The summed E-state index contributed by atoms with van der Waals surface area (Å²) in [6.07, 6.45) is 1.55. The van der Waals surface area contributed by atoms with Crippen LogP contribution in [-0.4, -0.2) is 17.9 Å². The molecule has 0 aliphatic rings. The Morgan fingerprint density at radius 3 is 2.35 bits per heavy atom. The summed E-state index contributed by atoms with van der Waals surface area (Å²) in [6, 6.07) is 7.44. The predicted molar refractivity (Wildman–Crippen MR) is 82.0 cm³/mol. The van der Waals surface area contributed by atoms with Gasteiger partial charge in [0.15, 0.2) is 0 Å².